The lowest BCUT2D eigenvalue weighted by atomic mass is 9.81. The summed E-state index contributed by atoms with van der Waals surface area (Å²) in [5.41, 5.74) is 8.52. The van der Waals surface area contributed by atoms with Gasteiger partial charge in [0.05, 0.1) is 34.7 Å². The predicted molar refractivity (Wildman–Crippen MR) is 164 cm³/mol. The summed E-state index contributed by atoms with van der Waals surface area (Å²) in [6.45, 7) is 9.10. The van der Waals surface area contributed by atoms with E-state index >= 15 is 0 Å². The van der Waals surface area contributed by atoms with Crippen LogP contribution in [0.1, 0.15) is 31.9 Å². The summed E-state index contributed by atoms with van der Waals surface area (Å²) >= 11 is 0. The van der Waals surface area contributed by atoms with Crippen molar-refractivity contribution in [3.63, 3.8) is 0 Å². The molecular weight excluding hydrogens is 474 g/mol. The van der Waals surface area contributed by atoms with E-state index in [-0.39, 0.29) is 5.41 Å². The van der Waals surface area contributed by atoms with E-state index in [9.17, 15) is 0 Å². The highest BCUT2D eigenvalue weighted by Gasteiger charge is 2.26. The molecule has 0 aliphatic carbocycles. The van der Waals surface area contributed by atoms with Crippen molar-refractivity contribution in [3.8, 4) is 17.1 Å². The van der Waals surface area contributed by atoms with Crippen LogP contribution in [0.25, 0.3) is 60.6 Å². The Balaban J connectivity index is 1.52. The zero-order chi connectivity index (χ0) is 26.9. The number of fused-ring (bicyclic) bond motifs is 5. The fourth-order valence-electron chi connectivity index (χ4n) is 6.29. The van der Waals surface area contributed by atoms with Crippen LogP contribution in [0.15, 0.2) is 103 Å². The van der Waals surface area contributed by atoms with E-state index in [4.69, 9.17) is 4.98 Å². The average molecular weight is 507 g/mol. The monoisotopic (exact) mass is 506 g/mol. The SMILES string of the molecule is Cc1c(-c2ncc3c(-n4c5ccccc5c5ccccc54)cccc3[n+]2C)cc(C(C)(C)C)c2ccccc12. The molecule has 0 N–H and O–H groups in total. The van der Waals surface area contributed by atoms with Crippen molar-refractivity contribution in [2.75, 3.05) is 0 Å². The van der Waals surface area contributed by atoms with Crippen molar-refractivity contribution < 1.29 is 4.57 Å². The summed E-state index contributed by atoms with van der Waals surface area (Å²) in [5.74, 6) is 0.982. The summed E-state index contributed by atoms with van der Waals surface area (Å²) in [4.78, 5) is 5.15. The van der Waals surface area contributed by atoms with E-state index in [0.29, 0.717) is 0 Å². The van der Waals surface area contributed by atoms with Gasteiger partial charge in [0.2, 0.25) is 0 Å². The molecule has 0 bridgehead atoms. The summed E-state index contributed by atoms with van der Waals surface area (Å²) in [5, 5.41) is 6.27. The van der Waals surface area contributed by atoms with E-state index in [1.54, 1.807) is 0 Å². The van der Waals surface area contributed by atoms with Gasteiger partial charge in [0.1, 0.15) is 5.52 Å². The van der Waals surface area contributed by atoms with Crippen LogP contribution in [0.5, 0.6) is 0 Å². The van der Waals surface area contributed by atoms with E-state index in [0.717, 1.165) is 22.4 Å². The minimum atomic E-state index is 0.0151. The average Bonchev–Trinajstić information content (AvgIpc) is 3.27. The molecule has 0 radical (unpaired) electrons. The fraction of sp³-hybridized carbons (Fsp3) is 0.167. The molecule has 0 amide bonds. The quantitative estimate of drug-likeness (QED) is 0.215. The van der Waals surface area contributed by atoms with Crippen LogP contribution >= 0.6 is 0 Å². The van der Waals surface area contributed by atoms with Gasteiger partial charge in [-0.15, -0.1) is 0 Å². The smallest absolute Gasteiger partial charge is 0.308 e. The van der Waals surface area contributed by atoms with Crippen molar-refractivity contribution in [2.24, 2.45) is 7.05 Å². The minimum absolute atomic E-state index is 0.0151. The molecule has 0 aliphatic rings. The lowest BCUT2D eigenvalue weighted by Crippen LogP contribution is -2.34. The number of hydrogen-bond acceptors (Lipinski definition) is 1. The molecular formula is C36H32N3+. The Bertz CT molecular complexity index is 2020. The molecule has 7 aromatic rings. The topological polar surface area (TPSA) is 21.7 Å². The Labute approximate surface area is 229 Å². The van der Waals surface area contributed by atoms with Gasteiger partial charge in [-0.05, 0) is 69.6 Å². The second-order valence-corrected chi connectivity index (χ2v) is 11.6. The Hall–Kier alpha value is -4.50. The molecule has 5 aromatic carbocycles. The largest absolute Gasteiger partial charge is 0.330 e. The van der Waals surface area contributed by atoms with Gasteiger partial charge >= 0.3 is 5.82 Å². The zero-order valence-corrected chi connectivity index (χ0v) is 23.2. The van der Waals surface area contributed by atoms with Gasteiger partial charge in [-0.25, -0.2) is 4.57 Å². The molecule has 0 saturated heterocycles. The van der Waals surface area contributed by atoms with E-state index in [1.165, 1.54) is 49.3 Å². The van der Waals surface area contributed by atoms with Gasteiger partial charge < -0.3 is 4.57 Å². The highest BCUT2D eigenvalue weighted by atomic mass is 15.0. The lowest BCUT2D eigenvalue weighted by molar-refractivity contribution is -0.636. The maximum Gasteiger partial charge on any atom is 0.330 e. The molecule has 2 aromatic heterocycles. The van der Waals surface area contributed by atoms with E-state index in [1.807, 2.05) is 0 Å². The van der Waals surface area contributed by atoms with E-state index < -0.39 is 0 Å². The first-order valence-electron chi connectivity index (χ1n) is 13.6. The van der Waals surface area contributed by atoms with Gasteiger partial charge in [-0.2, -0.15) is 0 Å². The van der Waals surface area contributed by atoms with Gasteiger partial charge in [-0.3, -0.25) is 0 Å². The van der Waals surface area contributed by atoms with Crippen LogP contribution in [0, 0.1) is 6.92 Å². The molecule has 190 valence electrons. The maximum atomic E-state index is 5.15. The van der Waals surface area contributed by atoms with Gasteiger partial charge in [0.25, 0.3) is 0 Å². The number of aromatic nitrogens is 3. The first-order chi connectivity index (χ1) is 18.8. The van der Waals surface area contributed by atoms with Crippen LogP contribution in [-0.2, 0) is 12.5 Å². The van der Waals surface area contributed by atoms with Gasteiger partial charge in [-0.1, -0.05) is 87.5 Å². The van der Waals surface area contributed by atoms with Crippen LogP contribution in [0.2, 0.25) is 0 Å². The molecule has 2 heterocycles. The number of hydrogen-bond donors (Lipinski definition) is 0. The van der Waals surface area contributed by atoms with Crippen molar-refractivity contribution >= 4 is 43.5 Å². The van der Waals surface area contributed by atoms with E-state index in [2.05, 4.69) is 147 Å². The molecule has 0 spiro atoms. The summed E-state index contributed by atoms with van der Waals surface area (Å²) in [6, 6.07) is 35.0. The van der Waals surface area contributed by atoms with Gasteiger partial charge in [0.15, 0.2) is 6.20 Å². The second kappa shape index (κ2) is 8.51. The molecule has 0 unspecified atom stereocenters. The van der Waals surface area contributed by atoms with Crippen molar-refractivity contribution in [2.45, 2.75) is 33.1 Å². The van der Waals surface area contributed by atoms with Crippen molar-refractivity contribution in [3.05, 3.63) is 114 Å². The molecule has 7 rings (SSSR count). The van der Waals surface area contributed by atoms with Crippen molar-refractivity contribution in [1.82, 2.24) is 9.55 Å². The third-order valence-corrected chi connectivity index (χ3v) is 8.24. The van der Waals surface area contributed by atoms with Crippen molar-refractivity contribution in [1.29, 1.82) is 0 Å². The summed E-state index contributed by atoms with van der Waals surface area (Å²) in [7, 11) is 2.14. The molecule has 0 fully saturated rings. The molecule has 3 heteroatoms. The Morgan fingerprint density at radius 2 is 1.26 bits per heavy atom. The highest BCUT2D eigenvalue weighted by molar-refractivity contribution is 6.10. The molecule has 0 atom stereocenters. The number of nitrogens with zero attached hydrogens (tertiary/aromatic N) is 3. The molecule has 0 aliphatic heterocycles. The zero-order valence-electron chi connectivity index (χ0n) is 23.2. The number of benzene rings is 5. The lowest BCUT2D eigenvalue weighted by Gasteiger charge is -2.23. The minimum Gasteiger partial charge on any atom is -0.308 e. The Morgan fingerprint density at radius 1 is 0.667 bits per heavy atom. The number of aryl methyl sites for hydroxylation is 2. The van der Waals surface area contributed by atoms with Crippen LogP contribution < -0.4 is 4.57 Å². The highest BCUT2D eigenvalue weighted by Crippen LogP contribution is 2.38. The first-order valence-corrected chi connectivity index (χ1v) is 13.6. The predicted octanol–water partition coefficient (Wildman–Crippen LogP) is 8.58. The van der Waals surface area contributed by atoms with Crippen LogP contribution in [-0.4, -0.2) is 9.55 Å². The second-order valence-electron chi connectivity index (χ2n) is 11.6. The molecule has 39 heavy (non-hydrogen) atoms. The Kier molecular flexibility index (Phi) is 5.15. The molecule has 3 nitrogen and oxygen atoms in total. The Morgan fingerprint density at radius 3 is 1.90 bits per heavy atom. The molecule has 0 saturated carbocycles. The standard InChI is InChI=1S/C36H32N3/c1-23-24-13-6-7-14-25(24)30(36(2,3)4)21-28(23)35-37-22-29-31(38(35)5)19-12-20-34(29)39-32-17-10-8-15-26(32)27-16-9-11-18-33(27)39/h6-22H,1-5H3/q+1. The first kappa shape index (κ1) is 23.6. The fourth-order valence-corrected chi connectivity index (χ4v) is 6.29. The number of para-hydroxylation sites is 2. The summed E-state index contributed by atoms with van der Waals surface area (Å²) in [6.07, 6.45) is 2.06. The summed E-state index contributed by atoms with van der Waals surface area (Å²) < 4.78 is 4.64. The third-order valence-electron chi connectivity index (χ3n) is 8.24. The van der Waals surface area contributed by atoms with Crippen LogP contribution in [0.4, 0.5) is 0 Å². The van der Waals surface area contributed by atoms with Crippen LogP contribution in [0.3, 0.4) is 0 Å². The third kappa shape index (κ3) is 3.50. The van der Waals surface area contributed by atoms with Gasteiger partial charge in [0, 0.05) is 10.8 Å². The normalized spacial score (nSPS) is 12.2. The maximum absolute atomic E-state index is 5.15. The number of rotatable bonds is 2.